The summed E-state index contributed by atoms with van der Waals surface area (Å²) in [6, 6.07) is 4.19. The number of benzene rings is 1. The topological polar surface area (TPSA) is 108 Å². The van der Waals surface area contributed by atoms with Crippen molar-refractivity contribution in [2.75, 3.05) is 18.9 Å². The molecule has 0 aliphatic heterocycles. The zero-order valence-corrected chi connectivity index (χ0v) is 15.2. The Labute approximate surface area is 152 Å². The molecule has 0 unspecified atom stereocenters. The van der Waals surface area contributed by atoms with E-state index in [4.69, 9.17) is 32.7 Å². The molecule has 0 spiro atoms. The third-order valence-electron chi connectivity index (χ3n) is 3.11. The van der Waals surface area contributed by atoms with Gasteiger partial charge in [0.2, 0.25) is 5.65 Å². The average Bonchev–Trinajstić information content (AvgIpc) is 2.98. The number of nitrogens with one attached hydrogen (secondary N) is 1. The van der Waals surface area contributed by atoms with Crippen molar-refractivity contribution >= 4 is 44.8 Å². The third kappa shape index (κ3) is 3.28. The van der Waals surface area contributed by atoms with E-state index in [1.54, 1.807) is 0 Å². The first-order chi connectivity index (χ1) is 11.9. The number of rotatable bonds is 5. The van der Waals surface area contributed by atoms with E-state index in [-0.39, 0.29) is 32.5 Å². The van der Waals surface area contributed by atoms with Crippen molar-refractivity contribution in [3.63, 3.8) is 0 Å². The highest BCUT2D eigenvalue weighted by Crippen LogP contribution is 2.27. The van der Waals surface area contributed by atoms with E-state index >= 15 is 0 Å². The van der Waals surface area contributed by atoms with Crippen molar-refractivity contribution in [3.8, 4) is 11.8 Å². The summed E-state index contributed by atoms with van der Waals surface area (Å²) in [7, 11) is -1.24. The molecule has 3 aromatic rings. The zero-order chi connectivity index (χ0) is 18.2. The highest BCUT2D eigenvalue weighted by molar-refractivity contribution is 7.92. The van der Waals surface area contributed by atoms with Gasteiger partial charge in [-0.25, -0.2) is 13.1 Å². The van der Waals surface area contributed by atoms with Gasteiger partial charge < -0.3 is 9.47 Å². The molecule has 12 heteroatoms. The molecule has 1 N–H and O–H groups in total. The Kier molecular flexibility index (Phi) is 4.58. The van der Waals surface area contributed by atoms with Gasteiger partial charge in [0.15, 0.2) is 5.75 Å². The van der Waals surface area contributed by atoms with Gasteiger partial charge >= 0.3 is 6.01 Å². The highest BCUT2D eigenvalue weighted by atomic mass is 35.5. The number of hydrogen-bond donors (Lipinski definition) is 1. The van der Waals surface area contributed by atoms with E-state index in [0.29, 0.717) is 5.75 Å². The number of nitrogens with zero attached hydrogens (tertiary/aromatic N) is 4. The smallest absolute Gasteiger partial charge is 0.319 e. The summed E-state index contributed by atoms with van der Waals surface area (Å²) in [5.74, 6) is 0.0835. The molecular formula is C13H11Cl2N5O4S. The fourth-order valence-electron chi connectivity index (χ4n) is 2.02. The van der Waals surface area contributed by atoms with Crippen LogP contribution in [-0.4, -0.2) is 42.2 Å². The monoisotopic (exact) mass is 403 g/mol. The minimum atomic E-state index is -4.06. The van der Waals surface area contributed by atoms with E-state index < -0.39 is 10.0 Å². The molecule has 3 rings (SSSR count). The molecule has 0 amide bonds. The Morgan fingerprint density at radius 2 is 1.96 bits per heavy atom. The fraction of sp³-hybridized carbons (Fsp3) is 0.154. The second kappa shape index (κ2) is 6.54. The summed E-state index contributed by atoms with van der Waals surface area (Å²) in [4.78, 5) is 7.89. The van der Waals surface area contributed by atoms with Gasteiger partial charge in [0.1, 0.15) is 4.90 Å². The number of fused-ring (bicyclic) bond motifs is 1. The molecule has 0 fully saturated rings. The quantitative estimate of drug-likeness (QED) is 0.695. The predicted octanol–water partition coefficient (Wildman–Crippen LogP) is 2.25. The van der Waals surface area contributed by atoms with Gasteiger partial charge in [-0.05, 0) is 18.2 Å². The number of sulfonamides is 1. The van der Waals surface area contributed by atoms with Gasteiger partial charge in [-0.1, -0.05) is 23.2 Å². The Morgan fingerprint density at radius 1 is 1.20 bits per heavy atom. The molecule has 0 bridgehead atoms. The summed E-state index contributed by atoms with van der Waals surface area (Å²) in [6.07, 6.45) is 1.38. The lowest BCUT2D eigenvalue weighted by Crippen LogP contribution is -2.14. The Bertz CT molecular complexity index is 1010. The summed E-state index contributed by atoms with van der Waals surface area (Å²) >= 11 is 11.8. The molecule has 0 aliphatic carbocycles. The van der Waals surface area contributed by atoms with Crippen molar-refractivity contribution in [2.45, 2.75) is 4.90 Å². The van der Waals surface area contributed by atoms with Crippen LogP contribution in [0.2, 0.25) is 10.0 Å². The third-order valence-corrected chi connectivity index (χ3v) is 5.16. The number of halogens is 2. The van der Waals surface area contributed by atoms with Crippen molar-refractivity contribution in [1.82, 2.24) is 19.6 Å². The maximum atomic E-state index is 12.5. The molecule has 0 atom stereocenters. The number of hydrogen-bond acceptors (Lipinski definition) is 7. The number of aromatic nitrogens is 4. The maximum Gasteiger partial charge on any atom is 0.319 e. The second-order valence-corrected chi connectivity index (χ2v) is 7.16. The fourth-order valence-corrected chi connectivity index (χ4v) is 3.72. The van der Waals surface area contributed by atoms with Crippen LogP contribution in [0, 0.1) is 0 Å². The van der Waals surface area contributed by atoms with Crippen LogP contribution in [0.1, 0.15) is 0 Å². The molecule has 9 nitrogen and oxygen atoms in total. The van der Waals surface area contributed by atoms with Crippen molar-refractivity contribution in [1.29, 1.82) is 0 Å². The molecule has 1 aromatic carbocycles. The minimum Gasteiger partial charge on any atom is -0.491 e. The summed E-state index contributed by atoms with van der Waals surface area (Å²) in [5.41, 5.74) is 0.226. The average molecular weight is 404 g/mol. The SMILES string of the molecule is COc1cnc(OC)n2nc(NS(=O)(=O)c3cc(Cl)ccc3Cl)nc12. The summed E-state index contributed by atoms with van der Waals surface area (Å²) in [6.45, 7) is 0. The normalized spacial score (nSPS) is 11.5. The minimum absolute atomic E-state index is 0.0116. The first-order valence-corrected chi connectivity index (χ1v) is 8.91. The van der Waals surface area contributed by atoms with Gasteiger partial charge in [0.05, 0.1) is 25.4 Å². The van der Waals surface area contributed by atoms with Crippen LogP contribution in [0.15, 0.2) is 29.3 Å². The Morgan fingerprint density at radius 3 is 2.64 bits per heavy atom. The molecule has 25 heavy (non-hydrogen) atoms. The van der Waals surface area contributed by atoms with Crippen LogP contribution in [-0.2, 0) is 10.0 Å². The second-order valence-electron chi connectivity index (χ2n) is 4.66. The van der Waals surface area contributed by atoms with E-state index in [1.807, 2.05) is 0 Å². The molecular weight excluding hydrogens is 393 g/mol. The van der Waals surface area contributed by atoms with Crippen molar-refractivity contribution in [2.24, 2.45) is 0 Å². The van der Waals surface area contributed by atoms with E-state index in [9.17, 15) is 8.42 Å². The lowest BCUT2D eigenvalue weighted by atomic mass is 10.4. The summed E-state index contributed by atoms with van der Waals surface area (Å²) in [5, 5.41) is 4.26. The van der Waals surface area contributed by atoms with Crippen LogP contribution in [0.25, 0.3) is 5.65 Å². The molecule has 2 heterocycles. The van der Waals surface area contributed by atoms with Crippen LogP contribution < -0.4 is 14.2 Å². The van der Waals surface area contributed by atoms with Gasteiger partial charge in [0, 0.05) is 5.02 Å². The van der Waals surface area contributed by atoms with E-state index in [1.165, 1.54) is 43.1 Å². The molecule has 0 saturated heterocycles. The van der Waals surface area contributed by atoms with Gasteiger partial charge in [-0.2, -0.15) is 14.5 Å². The van der Waals surface area contributed by atoms with Crippen LogP contribution in [0.5, 0.6) is 11.8 Å². The maximum absolute atomic E-state index is 12.5. The van der Waals surface area contributed by atoms with Crippen LogP contribution in [0.3, 0.4) is 0 Å². The van der Waals surface area contributed by atoms with Gasteiger partial charge in [-0.3, -0.25) is 0 Å². The molecule has 132 valence electrons. The van der Waals surface area contributed by atoms with Crippen LogP contribution in [0.4, 0.5) is 5.95 Å². The molecule has 0 aliphatic rings. The number of ether oxygens (including phenoxy) is 2. The van der Waals surface area contributed by atoms with Crippen molar-refractivity contribution < 1.29 is 17.9 Å². The van der Waals surface area contributed by atoms with Crippen LogP contribution >= 0.6 is 23.2 Å². The first-order valence-electron chi connectivity index (χ1n) is 6.67. The first kappa shape index (κ1) is 17.5. The van der Waals surface area contributed by atoms with Crippen molar-refractivity contribution in [3.05, 3.63) is 34.4 Å². The summed E-state index contributed by atoms with van der Waals surface area (Å²) < 4.78 is 38.7. The standard InChI is InChI=1S/C13H11Cl2N5O4S/c1-23-9-6-16-13(24-2)20-11(9)17-12(18-20)19-25(21,22)10-5-7(14)3-4-8(10)15/h3-6H,1-2H3,(H,18,19). The number of methoxy groups -OCH3 is 2. The Hall–Kier alpha value is -2.30. The lowest BCUT2D eigenvalue weighted by Gasteiger charge is -2.06. The molecule has 0 radical (unpaired) electrons. The lowest BCUT2D eigenvalue weighted by molar-refractivity contribution is 0.359. The largest absolute Gasteiger partial charge is 0.491 e. The van der Waals surface area contributed by atoms with Gasteiger partial charge in [0.25, 0.3) is 16.0 Å². The highest BCUT2D eigenvalue weighted by Gasteiger charge is 2.22. The predicted molar refractivity (Wildman–Crippen MR) is 91.2 cm³/mol. The number of anilines is 1. The molecule has 2 aromatic heterocycles. The van der Waals surface area contributed by atoms with E-state index in [0.717, 1.165) is 0 Å². The Balaban J connectivity index is 2.07. The molecule has 0 saturated carbocycles. The van der Waals surface area contributed by atoms with E-state index in [2.05, 4.69) is 19.8 Å². The van der Waals surface area contributed by atoms with Gasteiger partial charge in [-0.15, -0.1) is 5.10 Å². The zero-order valence-electron chi connectivity index (χ0n) is 12.9.